The summed E-state index contributed by atoms with van der Waals surface area (Å²) in [7, 11) is 2.74. The smallest absolute Gasteiger partial charge is 0.414 e. The van der Waals surface area contributed by atoms with Gasteiger partial charge >= 0.3 is 24.2 Å². The number of hydrogen-bond acceptors (Lipinski definition) is 18. The van der Waals surface area contributed by atoms with E-state index in [4.69, 9.17) is 42.6 Å². The van der Waals surface area contributed by atoms with Gasteiger partial charge in [0.05, 0.1) is 61.0 Å². The molecule has 498 valence electrons. The Morgan fingerprint density at radius 1 is 0.763 bits per heavy atom. The Labute approximate surface area is 539 Å². The Morgan fingerprint density at radius 3 is 2.04 bits per heavy atom. The number of rotatable bonds is 24. The number of amides is 7. The molecule has 26 nitrogen and oxygen atoms in total. The van der Waals surface area contributed by atoms with E-state index in [0.717, 1.165) is 23.3 Å². The molecule has 0 radical (unpaired) electrons. The first-order valence-corrected chi connectivity index (χ1v) is 30.4. The summed E-state index contributed by atoms with van der Waals surface area (Å²) >= 11 is 0. The largest absolute Gasteiger partial charge is 0.493 e. The molecule has 3 fully saturated rings. The maximum absolute atomic E-state index is 14.5. The van der Waals surface area contributed by atoms with Crippen LogP contribution in [0.4, 0.5) is 31.4 Å². The molecular formula is C67H81N7O19. The average molecular weight is 1290 g/mol. The molecule has 0 aliphatic carbocycles. The third-order valence-electron chi connectivity index (χ3n) is 15.5. The molecule has 6 atom stereocenters. The summed E-state index contributed by atoms with van der Waals surface area (Å²) in [5, 5.41) is 31.7. The second-order valence-electron chi connectivity index (χ2n) is 24.2. The standard InChI is InChI=1S/C67H81N7O19/c1-12-20-88-65(82)71-57(37(2)3)59(77)68-40(6)58(76)69-45-18-16-41(17-19-45)34-91-64(81)70-49-29-54(52(85-10)27-47(49)60(78)72-31-38(4)22-46(72)33-75)89-35-42-24-43(26-44(25-42)63(80)93-67(7,8)9)36-90-55-30-50-48(28-53(55)86-11)61(79)73-32-39(5)23-51(73)62(74(50)66(83)84)92-56-15-13-14-21-87-56/h12,16-19,24-30,37,40,46,51,56-57,62,75H,1,4-5,13-15,20-23,31-36H2,2-3,6-11H3,(H,68,77)(H,69,76)(H,70,81)(H,71,82)(H,83,84)/t40?,46-,51-,56?,57?,62-/m0/s1. The van der Waals surface area contributed by atoms with E-state index in [-0.39, 0.29) is 103 Å². The number of aliphatic hydroxyl groups excluding tert-OH is 1. The predicted molar refractivity (Wildman–Crippen MR) is 339 cm³/mol. The normalized spacial score (nSPS) is 18.4. The molecule has 6 N–H and O–H groups in total. The van der Waals surface area contributed by atoms with Gasteiger partial charge in [0.15, 0.2) is 35.5 Å². The van der Waals surface area contributed by atoms with Gasteiger partial charge in [-0.3, -0.25) is 24.5 Å². The van der Waals surface area contributed by atoms with E-state index in [0.29, 0.717) is 53.8 Å². The van der Waals surface area contributed by atoms with Crippen LogP contribution in [0.1, 0.15) is 121 Å². The molecule has 26 heteroatoms. The molecule has 4 aromatic rings. The molecule has 3 saturated heterocycles. The summed E-state index contributed by atoms with van der Waals surface area (Å²) < 4.78 is 53.1. The zero-order valence-electron chi connectivity index (χ0n) is 53.5. The van der Waals surface area contributed by atoms with Gasteiger partial charge in [-0.05, 0) is 125 Å². The lowest BCUT2D eigenvalue weighted by molar-refractivity contribution is -0.195. The highest BCUT2D eigenvalue weighted by Gasteiger charge is 2.48. The maximum Gasteiger partial charge on any atom is 0.414 e. The SMILES string of the molecule is C=CCOC(=O)NC(C(=O)NC(C)C(=O)Nc1ccc(COC(=O)Nc2cc(OCc3cc(COc4cc5c(cc4OC)C(=O)N4CC(=C)C[C@H]4[C@H](OC4CCCCO4)N5C(=O)O)cc(C(=O)OC(C)(C)C)c3)c(OC)cc2C(=O)N2CC(=C)C[C@H]2CO)cc1)C(C)C. The second-order valence-corrected chi connectivity index (χ2v) is 24.2. The van der Waals surface area contributed by atoms with Crippen LogP contribution < -0.4 is 45.1 Å². The van der Waals surface area contributed by atoms with E-state index >= 15 is 0 Å². The van der Waals surface area contributed by atoms with Crippen LogP contribution in [-0.2, 0) is 53.1 Å². The molecule has 0 bridgehead atoms. The number of nitrogens with zero attached hydrogens (tertiary/aromatic N) is 3. The van der Waals surface area contributed by atoms with Crippen LogP contribution in [0, 0.1) is 5.92 Å². The molecule has 0 saturated carbocycles. The van der Waals surface area contributed by atoms with Crippen molar-refractivity contribution < 1.29 is 91.2 Å². The van der Waals surface area contributed by atoms with Gasteiger partial charge in [-0.15, -0.1) is 0 Å². The number of likely N-dealkylation sites (tertiary alicyclic amines) is 1. The zero-order chi connectivity index (χ0) is 67.4. The van der Waals surface area contributed by atoms with E-state index in [2.05, 4.69) is 41.0 Å². The minimum absolute atomic E-state index is 0.00618. The molecule has 4 heterocycles. The van der Waals surface area contributed by atoms with E-state index in [9.17, 15) is 48.6 Å². The number of nitrogens with one attached hydrogen (secondary N) is 4. The van der Waals surface area contributed by atoms with Crippen molar-refractivity contribution in [2.24, 2.45) is 5.92 Å². The molecule has 3 unspecified atom stereocenters. The monoisotopic (exact) mass is 1290 g/mol. The summed E-state index contributed by atoms with van der Waals surface area (Å²) in [5.41, 5.74) is 2.28. The molecule has 4 aromatic carbocycles. The first kappa shape index (κ1) is 69.2. The number of fused-ring (bicyclic) bond motifs is 2. The van der Waals surface area contributed by atoms with Crippen molar-refractivity contribution in [1.82, 2.24) is 20.4 Å². The second kappa shape index (κ2) is 30.6. The van der Waals surface area contributed by atoms with Gasteiger partial charge in [0.1, 0.15) is 44.1 Å². The van der Waals surface area contributed by atoms with Gasteiger partial charge < -0.3 is 78.6 Å². The lowest BCUT2D eigenvalue weighted by atomic mass is 10.0. The maximum atomic E-state index is 14.5. The molecule has 0 aromatic heterocycles. The predicted octanol–water partition coefficient (Wildman–Crippen LogP) is 8.85. The Hall–Kier alpha value is -9.66. The summed E-state index contributed by atoms with van der Waals surface area (Å²) in [6.07, 6.45) is -0.879. The van der Waals surface area contributed by atoms with Crippen LogP contribution >= 0.6 is 0 Å². The van der Waals surface area contributed by atoms with Gasteiger partial charge in [0, 0.05) is 37.5 Å². The Kier molecular flexibility index (Phi) is 22.8. The summed E-state index contributed by atoms with van der Waals surface area (Å²) in [5.74, 6) is -2.92. The number of alkyl carbamates (subject to hydrolysis) is 1. The quantitative estimate of drug-likeness (QED) is 0.0217. The molecule has 93 heavy (non-hydrogen) atoms. The van der Waals surface area contributed by atoms with E-state index in [1.165, 1.54) is 56.4 Å². The van der Waals surface area contributed by atoms with Crippen LogP contribution in [-0.4, -0.2) is 157 Å². The number of aliphatic hydroxyl groups is 1. The molecule has 4 aliphatic rings. The van der Waals surface area contributed by atoms with Gasteiger partial charge in [-0.2, -0.15) is 0 Å². The lowest BCUT2D eigenvalue weighted by Gasteiger charge is -2.37. The van der Waals surface area contributed by atoms with Gasteiger partial charge in [-0.25, -0.2) is 24.1 Å². The van der Waals surface area contributed by atoms with Crippen LogP contribution in [0.15, 0.2) is 104 Å². The number of benzene rings is 4. The van der Waals surface area contributed by atoms with Crippen LogP contribution in [0.3, 0.4) is 0 Å². The van der Waals surface area contributed by atoms with E-state index in [1.54, 1.807) is 82.0 Å². The minimum Gasteiger partial charge on any atom is -0.493 e. The summed E-state index contributed by atoms with van der Waals surface area (Å²) in [6.45, 7) is 21.3. The molecular weight excluding hydrogens is 1210 g/mol. The van der Waals surface area contributed by atoms with Gasteiger partial charge in [-0.1, -0.05) is 62.9 Å². The lowest BCUT2D eigenvalue weighted by Crippen LogP contribution is -2.53. The van der Waals surface area contributed by atoms with Crippen molar-refractivity contribution in [3.05, 3.63) is 137 Å². The van der Waals surface area contributed by atoms with Crippen molar-refractivity contribution in [2.75, 3.05) is 62.7 Å². The fourth-order valence-corrected chi connectivity index (χ4v) is 11.0. The number of anilines is 3. The Balaban J connectivity index is 1.02. The molecule has 4 aliphatic heterocycles. The highest BCUT2D eigenvalue weighted by Crippen LogP contribution is 2.44. The summed E-state index contributed by atoms with van der Waals surface area (Å²) in [4.78, 5) is 112. The first-order chi connectivity index (χ1) is 44.3. The number of esters is 1. The number of carbonyl (C=O) groups excluding carboxylic acids is 7. The van der Waals surface area contributed by atoms with Gasteiger partial charge in [0.25, 0.3) is 11.8 Å². The van der Waals surface area contributed by atoms with Crippen LogP contribution in [0.5, 0.6) is 23.0 Å². The number of carbonyl (C=O) groups is 8. The van der Waals surface area contributed by atoms with Gasteiger partial charge in [0.2, 0.25) is 11.8 Å². The fraction of sp³-hybridized carbons (Fsp3) is 0.433. The van der Waals surface area contributed by atoms with Crippen molar-refractivity contribution in [3.8, 4) is 23.0 Å². The number of hydrogen-bond donors (Lipinski definition) is 6. The first-order valence-electron chi connectivity index (χ1n) is 30.4. The highest BCUT2D eigenvalue weighted by molar-refractivity contribution is 6.06. The van der Waals surface area contributed by atoms with Crippen molar-refractivity contribution in [1.29, 1.82) is 0 Å². The zero-order valence-corrected chi connectivity index (χ0v) is 53.5. The fourth-order valence-electron chi connectivity index (χ4n) is 11.0. The highest BCUT2D eigenvalue weighted by atomic mass is 16.7. The van der Waals surface area contributed by atoms with Crippen LogP contribution in [0.2, 0.25) is 0 Å². The number of ether oxygens (including phenoxy) is 9. The topological polar surface area (TPSA) is 318 Å². The van der Waals surface area contributed by atoms with E-state index in [1.807, 2.05) is 0 Å². The third kappa shape index (κ3) is 17.5. The summed E-state index contributed by atoms with van der Waals surface area (Å²) in [6, 6.07) is 13.4. The number of methoxy groups -OCH3 is 2. The molecule has 7 amide bonds. The Morgan fingerprint density at radius 2 is 1.43 bits per heavy atom. The number of carboxylic acid groups (broad SMARTS) is 1. The van der Waals surface area contributed by atoms with E-state index < -0.39 is 90.2 Å². The Bertz CT molecular complexity index is 3500. The molecule has 8 rings (SSSR count). The average Bonchev–Trinajstić information content (AvgIpc) is 1.63. The van der Waals surface area contributed by atoms with Crippen molar-refractivity contribution in [2.45, 2.75) is 136 Å². The molecule has 0 spiro atoms. The third-order valence-corrected chi connectivity index (χ3v) is 15.5. The van der Waals surface area contributed by atoms with Crippen LogP contribution in [0.25, 0.3) is 0 Å². The van der Waals surface area contributed by atoms with Crippen molar-refractivity contribution in [3.63, 3.8) is 0 Å². The minimum atomic E-state index is -1.38. The van der Waals surface area contributed by atoms with Crippen molar-refractivity contribution >= 4 is 64.9 Å².